The second kappa shape index (κ2) is 8.59. The fraction of sp³-hybridized carbons (Fsp3) is 1.00. The fourth-order valence-electron chi connectivity index (χ4n) is 5.77. The standard InChI is InChI=1S/C21H40/c1-4-7-18-8-10-19(11-9-18)20-12-16-21(14-5-2,15-6-3)17-13-20/h18-20H,4-17H2,1-3H3. The summed E-state index contributed by atoms with van der Waals surface area (Å²) in [6.45, 7) is 7.13. The van der Waals surface area contributed by atoms with E-state index < -0.39 is 0 Å². The lowest BCUT2D eigenvalue weighted by Gasteiger charge is -2.44. The van der Waals surface area contributed by atoms with Gasteiger partial charge in [-0.05, 0) is 74.5 Å². The molecule has 0 spiro atoms. The largest absolute Gasteiger partial charge is 0.0654 e. The minimum absolute atomic E-state index is 0.749. The van der Waals surface area contributed by atoms with Gasteiger partial charge in [-0.15, -0.1) is 0 Å². The quantitative estimate of drug-likeness (QED) is 0.459. The van der Waals surface area contributed by atoms with E-state index in [9.17, 15) is 0 Å². The van der Waals surface area contributed by atoms with Gasteiger partial charge in [0.2, 0.25) is 0 Å². The summed E-state index contributed by atoms with van der Waals surface area (Å²) < 4.78 is 0. The van der Waals surface area contributed by atoms with Gasteiger partial charge >= 0.3 is 0 Å². The molecule has 0 N–H and O–H groups in total. The van der Waals surface area contributed by atoms with Crippen molar-refractivity contribution in [2.24, 2.45) is 23.2 Å². The highest BCUT2D eigenvalue weighted by molar-refractivity contribution is 4.88. The van der Waals surface area contributed by atoms with Gasteiger partial charge in [-0.3, -0.25) is 0 Å². The lowest BCUT2D eigenvalue weighted by Crippen LogP contribution is -2.31. The fourth-order valence-corrected chi connectivity index (χ4v) is 5.77. The molecule has 2 saturated carbocycles. The van der Waals surface area contributed by atoms with Gasteiger partial charge in [-0.1, -0.05) is 59.3 Å². The first kappa shape index (κ1) is 17.4. The molecule has 124 valence electrons. The summed E-state index contributed by atoms with van der Waals surface area (Å²) in [6, 6.07) is 0. The number of rotatable bonds is 7. The molecule has 0 aromatic rings. The Morgan fingerprint density at radius 2 is 1.19 bits per heavy atom. The SMILES string of the molecule is CCCC1CCC(C2CCC(CCC)(CCC)CC2)CC1. The molecule has 0 nitrogen and oxygen atoms in total. The van der Waals surface area contributed by atoms with Crippen molar-refractivity contribution in [2.45, 2.75) is 111 Å². The molecule has 0 unspecified atom stereocenters. The molecule has 2 aliphatic rings. The predicted molar refractivity (Wildman–Crippen MR) is 94.6 cm³/mol. The Hall–Kier alpha value is 0. The second-order valence-electron chi connectivity index (χ2n) is 8.41. The number of hydrogen-bond donors (Lipinski definition) is 0. The molecule has 2 aliphatic carbocycles. The lowest BCUT2D eigenvalue weighted by atomic mass is 9.62. The van der Waals surface area contributed by atoms with Gasteiger partial charge in [0.15, 0.2) is 0 Å². The Kier molecular flexibility index (Phi) is 7.10. The van der Waals surface area contributed by atoms with Crippen molar-refractivity contribution in [1.29, 1.82) is 0 Å². The van der Waals surface area contributed by atoms with Gasteiger partial charge in [0.25, 0.3) is 0 Å². The Balaban J connectivity index is 1.78. The zero-order valence-corrected chi connectivity index (χ0v) is 15.1. The third-order valence-corrected chi connectivity index (χ3v) is 6.91. The molecule has 21 heavy (non-hydrogen) atoms. The van der Waals surface area contributed by atoms with Crippen LogP contribution in [-0.4, -0.2) is 0 Å². The highest BCUT2D eigenvalue weighted by atomic mass is 14.4. The van der Waals surface area contributed by atoms with Crippen molar-refractivity contribution >= 4 is 0 Å². The molecule has 0 aliphatic heterocycles. The van der Waals surface area contributed by atoms with Crippen molar-refractivity contribution in [1.82, 2.24) is 0 Å². The van der Waals surface area contributed by atoms with Crippen LogP contribution >= 0.6 is 0 Å². The first-order chi connectivity index (χ1) is 10.2. The summed E-state index contributed by atoms with van der Waals surface area (Å²) in [7, 11) is 0. The molecule has 0 aromatic carbocycles. The van der Waals surface area contributed by atoms with E-state index in [-0.39, 0.29) is 0 Å². The van der Waals surface area contributed by atoms with Crippen LogP contribution in [0.3, 0.4) is 0 Å². The van der Waals surface area contributed by atoms with Gasteiger partial charge in [-0.2, -0.15) is 0 Å². The summed E-state index contributed by atoms with van der Waals surface area (Å²) in [4.78, 5) is 0. The van der Waals surface area contributed by atoms with Crippen molar-refractivity contribution in [3.8, 4) is 0 Å². The molecule has 0 atom stereocenters. The van der Waals surface area contributed by atoms with E-state index in [1.54, 1.807) is 51.4 Å². The summed E-state index contributed by atoms with van der Waals surface area (Å²) in [5, 5.41) is 0. The van der Waals surface area contributed by atoms with Crippen molar-refractivity contribution in [3.63, 3.8) is 0 Å². The van der Waals surface area contributed by atoms with Crippen LogP contribution in [0.4, 0.5) is 0 Å². The van der Waals surface area contributed by atoms with E-state index in [0.717, 1.165) is 23.2 Å². The van der Waals surface area contributed by atoms with Crippen LogP contribution in [0.25, 0.3) is 0 Å². The van der Waals surface area contributed by atoms with Gasteiger partial charge in [0.1, 0.15) is 0 Å². The minimum Gasteiger partial charge on any atom is -0.0654 e. The van der Waals surface area contributed by atoms with Gasteiger partial charge < -0.3 is 0 Å². The Bertz CT molecular complexity index is 256. The predicted octanol–water partition coefficient (Wildman–Crippen LogP) is 7.37. The average molecular weight is 293 g/mol. The van der Waals surface area contributed by atoms with Crippen LogP contribution in [-0.2, 0) is 0 Å². The maximum absolute atomic E-state index is 2.39. The highest BCUT2D eigenvalue weighted by Gasteiger charge is 2.37. The Morgan fingerprint density at radius 1 is 0.667 bits per heavy atom. The summed E-state index contributed by atoms with van der Waals surface area (Å²) in [6.07, 6.45) is 21.1. The first-order valence-electron chi connectivity index (χ1n) is 10.2. The van der Waals surface area contributed by atoms with E-state index in [0.29, 0.717) is 0 Å². The smallest absolute Gasteiger partial charge is 0.0297 e. The maximum Gasteiger partial charge on any atom is -0.0297 e. The Morgan fingerprint density at radius 3 is 1.67 bits per heavy atom. The van der Waals surface area contributed by atoms with Crippen LogP contribution < -0.4 is 0 Å². The van der Waals surface area contributed by atoms with Gasteiger partial charge in [0, 0.05) is 0 Å². The lowest BCUT2D eigenvalue weighted by molar-refractivity contribution is 0.0772. The zero-order valence-electron chi connectivity index (χ0n) is 15.1. The second-order valence-corrected chi connectivity index (χ2v) is 8.41. The van der Waals surface area contributed by atoms with Crippen LogP contribution in [0.5, 0.6) is 0 Å². The molecule has 2 fully saturated rings. The summed E-state index contributed by atoms with van der Waals surface area (Å²) >= 11 is 0. The maximum atomic E-state index is 2.39. The van der Waals surface area contributed by atoms with Gasteiger partial charge in [0.05, 0.1) is 0 Å². The average Bonchev–Trinajstić information content (AvgIpc) is 2.50. The van der Waals surface area contributed by atoms with Crippen molar-refractivity contribution < 1.29 is 0 Å². The third-order valence-electron chi connectivity index (χ3n) is 6.91. The van der Waals surface area contributed by atoms with E-state index in [4.69, 9.17) is 0 Å². The normalized spacial score (nSPS) is 30.4. The first-order valence-corrected chi connectivity index (χ1v) is 10.2. The molecule has 0 aromatic heterocycles. The zero-order chi connectivity index (χ0) is 15.1. The molecule has 0 heterocycles. The van der Waals surface area contributed by atoms with Crippen molar-refractivity contribution in [3.05, 3.63) is 0 Å². The molecule has 0 radical (unpaired) electrons. The minimum atomic E-state index is 0.749. The number of hydrogen-bond acceptors (Lipinski definition) is 0. The topological polar surface area (TPSA) is 0 Å². The van der Waals surface area contributed by atoms with Crippen molar-refractivity contribution in [2.75, 3.05) is 0 Å². The van der Waals surface area contributed by atoms with Crippen LogP contribution in [0.1, 0.15) is 111 Å². The molecule has 0 bridgehead atoms. The monoisotopic (exact) mass is 292 g/mol. The molecule has 0 amide bonds. The van der Waals surface area contributed by atoms with Crippen LogP contribution in [0, 0.1) is 23.2 Å². The molecule has 2 rings (SSSR count). The van der Waals surface area contributed by atoms with E-state index in [2.05, 4.69) is 20.8 Å². The summed E-state index contributed by atoms with van der Waals surface area (Å²) in [5.41, 5.74) is 0.749. The van der Waals surface area contributed by atoms with E-state index in [1.165, 1.54) is 38.5 Å². The van der Waals surface area contributed by atoms with Crippen LogP contribution in [0.2, 0.25) is 0 Å². The van der Waals surface area contributed by atoms with E-state index in [1.807, 2.05) is 0 Å². The Labute approximate surface area is 134 Å². The highest BCUT2D eigenvalue weighted by Crippen LogP contribution is 2.49. The van der Waals surface area contributed by atoms with Gasteiger partial charge in [-0.25, -0.2) is 0 Å². The molecule has 0 saturated heterocycles. The summed E-state index contributed by atoms with van der Waals surface area (Å²) in [5.74, 6) is 3.27. The molecule has 0 heteroatoms. The third kappa shape index (κ3) is 4.73. The van der Waals surface area contributed by atoms with Crippen LogP contribution in [0.15, 0.2) is 0 Å². The molecular formula is C21H40. The van der Waals surface area contributed by atoms with E-state index >= 15 is 0 Å². The molecular weight excluding hydrogens is 252 g/mol.